The Bertz CT molecular complexity index is 1160. The van der Waals surface area contributed by atoms with Crippen molar-refractivity contribution in [1.29, 1.82) is 0 Å². The zero-order valence-electron chi connectivity index (χ0n) is 15.6. The number of nitrogens with zero attached hydrogens (tertiary/aromatic N) is 1. The van der Waals surface area contributed by atoms with Crippen LogP contribution in [0.5, 0.6) is 11.5 Å². The summed E-state index contributed by atoms with van der Waals surface area (Å²) in [6.45, 7) is -0.505. The molecule has 1 heterocycles. The van der Waals surface area contributed by atoms with Gasteiger partial charge in [-0.05, 0) is 50.1 Å². The van der Waals surface area contributed by atoms with Crippen LogP contribution in [0, 0.1) is 11.6 Å². The molecular weight excluding hydrogens is 569 g/mol. The zero-order chi connectivity index (χ0) is 22.9. The topological polar surface area (TPSA) is 108 Å². The van der Waals surface area contributed by atoms with Gasteiger partial charge in [0.15, 0.2) is 22.3 Å². The number of hydrogen-bond acceptors (Lipinski definition) is 6. The van der Waals surface area contributed by atoms with E-state index < -0.39 is 41.6 Å². The third-order valence-corrected chi connectivity index (χ3v) is 5.82. The van der Waals surface area contributed by atoms with E-state index in [-0.39, 0.29) is 10.6 Å². The van der Waals surface area contributed by atoms with Crippen molar-refractivity contribution in [2.45, 2.75) is 6.10 Å². The average Bonchev–Trinajstić information content (AvgIpc) is 3.10. The van der Waals surface area contributed by atoms with Crippen LogP contribution in [0.2, 0.25) is 5.02 Å². The van der Waals surface area contributed by atoms with E-state index in [1.165, 1.54) is 7.11 Å². The van der Waals surface area contributed by atoms with Gasteiger partial charge < -0.3 is 24.7 Å². The van der Waals surface area contributed by atoms with Crippen LogP contribution in [0.4, 0.5) is 8.78 Å². The maximum atomic E-state index is 14.3. The first-order valence-corrected chi connectivity index (χ1v) is 10.4. The lowest BCUT2D eigenvalue weighted by molar-refractivity contribution is 0.0811. The van der Waals surface area contributed by atoms with Crippen molar-refractivity contribution in [2.75, 3.05) is 13.7 Å². The number of benzene rings is 2. The molecule has 0 radical (unpaired) electrons. The fourth-order valence-corrected chi connectivity index (χ4v) is 3.58. The lowest BCUT2D eigenvalue weighted by Gasteiger charge is -2.12. The average molecular weight is 583 g/mol. The third kappa shape index (κ3) is 4.84. The quantitative estimate of drug-likeness (QED) is 0.405. The Morgan fingerprint density at radius 1 is 1.32 bits per heavy atom. The molecule has 2 aromatic carbocycles. The van der Waals surface area contributed by atoms with Gasteiger partial charge in [0.2, 0.25) is 5.89 Å². The summed E-state index contributed by atoms with van der Waals surface area (Å²) in [5.74, 6) is -3.89. The second kappa shape index (κ2) is 9.51. The van der Waals surface area contributed by atoms with Gasteiger partial charge in [0.25, 0.3) is 5.91 Å². The fourth-order valence-electron chi connectivity index (χ4n) is 2.62. The van der Waals surface area contributed by atoms with Crippen LogP contribution < -0.4 is 15.2 Å². The summed E-state index contributed by atoms with van der Waals surface area (Å²) in [5, 5.41) is 10.8. The molecular formula is C19H13Br2ClF2N2O5. The van der Waals surface area contributed by atoms with Gasteiger partial charge in [-0.3, -0.25) is 4.79 Å². The summed E-state index contributed by atoms with van der Waals surface area (Å²) in [4.78, 5) is 15.5. The molecule has 1 aromatic heterocycles. The van der Waals surface area contributed by atoms with Crippen molar-refractivity contribution in [3.63, 3.8) is 0 Å². The van der Waals surface area contributed by atoms with E-state index in [4.69, 9.17) is 31.2 Å². The first kappa shape index (κ1) is 23.5. The molecule has 7 nitrogen and oxygen atoms in total. The van der Waals surface area contributed by atoms with Crippen LogP contribution in [0.15, 0.2) is 37.8 Å². The minimum absolute atomic E-state index is 0.146. The summed E-state index contributed by atoms with van der Waals surface area (Å²) in [6, 6.07) is 5.04. The molecule has 0 bridgehead atoms. The van der Waals surface area contributed by atoms with Crippen LogP contribution in [-0.4, -0.2) is 29.7 Å². The Labute approximate surface area is 196 Å². The van der Waals surface area contributed by atoms with Crippen LogP contribution in [0.3, 0.4) is 0 Å². The van der Waals surface area contributed by atoms with E-state index in [2.05, 4.69) is 36.8 Å². The SMILES string of the molecule is COc1cc(Cl)c(Br)cc1-c1nc(C(O)COc2ccc(F)c(C(N)=O)c2F)oc1Br. The third-order valence-electron chi connectivity index (χ3n) is 4.08. The highest BCUT2D eigenvalue weighted by Crippen LogP contribution is 2.40. The molecule has 164 valence electrons. The zero-order valence-corrected chi connectivity index (χ0v) is 19.5. The fraction of sp³-hybridized carbons (Fsp3) is 0.158. The van der Waals surface area contributed by atoms with Gasteiger partial charge in [-0.25, -0.2) is 13.8 Å². The number of oxazole rings is 1. The normalized spacial score (nSPS) is 12.0. The summed E-state index contributed by atoms with van der Waals surface area (Å²) < 4.78 is 44.5. The van der Waals surface area contributed by atoms with Gasteiger partial charge in [-0.1, -0.05) is 11.6 Å². The van der Waals surface area contributed by atoms with Gasteiger partial charge in [0.05, 0.1) is 12.1 Å². The highest BCUT2D eigenvalue weighted by molar-refractivity contribution is 9.10. The first-order valence-electron chi connectivity index (χ1n) is 8.42. The molecule has 1 amide bonds. The van der Waals surface area contributed by atoms with E-state index in [1.807, 2.05) is 0 Å². The minimum atomic E-state index is -1.42. The molecule has 1 unspecified atom stereocenters. The van der Waals surface area contributed by atoms with E-state index in [0.29, 0.717) is 26.5 Å². The Kier molecular flexibility index (Phi) is 7.20. The monoisotopic (exact) mass is 580 g/mol. The number of ether oxygens (including phenoxy) is 2. The van der Waals surface area contributed by atoms with Crippen LogP contribution in [0.25, 0.3) is 11.3 Å². The van der Waals surface area contributed by atoms with Gasteiger partial charge in [-0.15, -0.1) is 0 Å². The predicted molar refractivity (Wildman–Crippen MR) is 114 cm³/mol. The Balaban J connectivity index is 1.84. The van der Waals surface area contributed by atoms with Crippen LogP contribution in [0.1, 0.15) is 22.4 Å². The molecule has 12 heteroatoms. The van der Waals surface area contributed by atoms with Gasteiger partial charge in [0, 0.05) is 16.1 Å². The van der Waals surface area contributed by atoms with E-state index in [0.717, 1.165) is 12.1 Å². The molecule has 0 saturated heterocycles. The summed E-state index contributed by atoms with van der Waals surface area (Å²) in [6.07, 6.45) is -1.42. The highest BCUT2D eigenvalue weighted by Gasteiger charge is 2.24. The molecule has 3 rings (SSSR count). The van der Waals surface area contributed by atoms with Crippen molar-refractivity contribution in [1.82, 2.24) is 4.98 Å². The number of carbonyl (C=O) groups is 1. The molecule has 0 aliphatic rings. The minimum Gasteiger partial charge on any atom is -0.496 e. The molecule has 31 heavy (non-hydrogen) atoms. The number of halogens is 5. The van der Waals surface area contributed by atoms with Crippen molar-refractivity contribution < 1.29 is 32.6 Å². The lowest BCUT2D eigenvalue weighted by Crippen LogP contribution is -2.17. The number of nitrogens with two attached hydrogens (primary N) is 1. The molecule has 0 saturated carbocycles. The smallest absolute Gasteiger partial charge is 0.254 e. The standard InChI is InChI=1S/C19H13Br2ClF2N2O5/c1-29-13-5-9(22)8(20)4-7(13)16-17(21)31-19(26-16)11(27)6-30-12-3-2-10(23)14(15(12)24)18(25)28/h2-5,11,27H,6H2,1H3,(H2,25,28). The Hall–Kier alpha value is -2.21. The number of rotatable bonds is 7. The number of hydrogen-bond donors (Lipinski definition) is 2. The largest absolute Gasteiger partial charge is 0.496 e. The molecule has 0 aliphatic heterocycles. The highest BCUT2D eigenvalue weighted by atomic mass is 79.9. The summed E-state index contributed by atoms with van der Waals surface area (Å²) in [7, 11) is 1.46. The number of amides is 1. The van der Waals surface area contributed by atoms with Gasteiger partial charge in [-0.2, -0.15) is 0 Å². The van der Waals surface area contributed by atoms with Gasteiger partial charge >= 0.3 is 0 Å². The number of carbonyl (C=O) groups excluding carboxylic acids is 1. The molecule has 0 fully saturated rings. The van der Waals surface area contributed by atoms with Crippen LogP contribution >= 0.6 is 43.5 Å². The van der Waals surface area contributed by atoms with E-state index >= 15 is 0 Å². The Morgan fingerprint density at radius 2 is 2.03 bits per heavy atom. The van der Waals surface area contributed by atoms with Crippen molar-refractivity contribution in [3.05, 3.63) is 61.5 Å². The van der Waals surface area contributed by atoms with Crippen molar-refractivity contribution in [2.24, 2.45) is 5.73 Å². The number of aliphatic hydroxyl groups excluding tert-OH is 1. The van der Waals surface area contributed by atoms with Crippen LogP contribution in [-0.2, 0) is 0 Å². The first-order chi connectivity index (χ1) is 14.6. The van der Waals surface area contributed by atoms with Crippen molar-refractivity contribution >= 4 is 49.4 Å². The second-order valence-electron chi connectivity index (χ2n) is 6.07. The molecule has 1 atom stereocenters. The maximum Gasteiger partial charge on any atom is 0.254 e. The molecule has 0 spiro atoms. The summed E-state index contributed by atoms with van der Waals surface area (Å²) in [5.41, 5.74) is 4.87. The van der Waals surface area contributed by atoms with Gasteiger partial charge in [0.1, 0.15) is 29.4 Å². The lowest BCUT2D eigenvalue weighted by atomic mass is 10.1. The molecule has 3 aromatic rings. The number of methoxy groups -OCH3 is 1. The molecule has 0 aliphatic carbocycles. The maximum absolute atomic E-state index is 14.3. The Morgan fingerprint density at radius 3 is 2.68 bits per heavy atom. The van der Waals surface area contributed by atoms with E-state index in [9.17, 15) is 18.7 Å². The number of aromatic nitrogens is 1. The van der Waals surface area contributed by atoms with E-state index in [1.54, 1.807) is 12.1 Å². The van der Waals surface area contributed by atoms with Crippen molar-refractivity contribution in [3.8, 4) is 22.8 Å². The number of aliphatic hydroxyl groups is 1. The number of primary amides is 1. The molecule has 3 N–H and O–H groups in total. The predicted octanol–water partition coefficient (Wildman–Crippen LogP) is 5.02. The second-order valence-corrected chi connectivity index (χ2v) is 8.05. The summed E-state index contributed by atoms with van der Waals surface area (Å²) >= 11 is 12.6.